The minimum Gasteiger partial charge on any atom is -0.336 e. The molecule has 3 amide bonds. The number of nitrogens with zero attached hydrogens (tertiary/aromatic N) is 2. The van der Waals surface area contributed by atoms with Crippen molar-refractivity contribution >= 4 is 17.6 Å². The van der Waals surface area contributed by atoms with Crippen molar-refractivity contribution < 1.29 is 18.4 Å². The zero-order chi connectivity index (χ0) is 20.5. The van der Waals surface area contributed by atoms with Crippen molar-refractivity contribution in [3.05, 3.63) is 65.0 Å². The highest BCUT2D eigenvalue weighted by Crippen LogP contribution is 2.26. The summed E-state index contributed by atoms with van der Waals surface area (Å²) in [5, 5.41) is 2.59. The van der Waals surface area contributed by atoms with Gasteiger partial charge in [-0.25, -0.2) is 13.6 Å². The summed E-state index contributed by atoms with van der Waals surface area (Å²) >= 11 is 0. The van der Waals surface area contributed by atoms with Crippen molar-refractivity contribution in [2.45, 2.75) is 38.5 Å². The minimum atomic E-state index is -1.26. The molecule has 1 saturated heterocycles. The van der Waals surface area contributed by atoms with E-state index in [4.69, 9.17) is 0 Å². The molecular formula is C22H23F2N3O2. The van der Waals surface area contributed by atoms with E-state index in [-0.39, 0.29) is 24.6 Å². The number of likely N-dealkylation sites (tertiary alicyclic amines) is 1. The van der Waals surface area contributed by atoms with E-state index in [0.29, 0.717) is 18.7 Å². The molecule has 2 aliphatic rings. The maximum Gasteiger partial charge on any atom is 0.322 e. The Labute approximate surface area is 168 Å². The molecule has 0 radical (unpaired) electrons. The van der Waals surface area contributed by atoms with E-state index in [2.05, 4.69) is 5.32 Å². The molecule has 29 heavy (non-hydrogen) atoms. The summed E-state index contributed by atoms with van der Waals surface area (Å²) in [5.41, 5.74) is 3.03. The van der Waals surface area contributed by atoms with Gasteiger partial charge in [0.15, 0.2) is 0 Å². The fourth-order valence-electron chi connectivity index (χ4n) is 4.00. The van der Waals surface area contributed by atoms with Gasteiger partial charge in [-0.3, -0.25) is 4.79 Å². The predicted octanol–water partition coefficient (Wildman–Crippen LogP) is 3.66. The molecule has 7 heteroatoms. The quantitative estimate of drug-likeness (QED) is 0.838. The molecule has 152 valence electrons. The number of nitrogens with one attached hydrogen (secondary N) is 1. The Morgan fingerprint density at radius 1 is 1.14 bits per heavy atom. The van der Waals surface area contributed by atoms with Crippen LogP contribution in [0.5, 0.6) is 0 Å². The van der Waals surface area contributed by atoms with Crippen LogP contribution < -0.4 is 5.32 Å². The molecular weight excluding hydrogens is 376 g/mol. The lowest BCUT2D eigenvalue weighted by molar-refractivity contribution is -0.136. The van der Waals surface area contributed by atoms with Crippen LogP contribution in [0.4, 0.5) is 19.3 Å². The molecule has 0 saturated carbocycles. The summed E-state index contributed by atoms with van der Waals surface area (Å²) in [5.74, 6) is -0.683. The third-order valence-electron chi connectivity index (χ3n) is 5.66. The average molecular weight is 399 g/mol. The molecule has 0 aromatic heterocycles. The van der Waals surface area contributed by atoms with Crippen molar-refractivity contribution in [3.63, 3.8) is 0 Å². The van der Waals surface area contributed by atoms with Crippen LogP contribution in [0.25, 0.3) is 0 Å². The average Bonchev–Trinajstić information content (AvgIpc) is 3.11. The van der Waals surface area contributed by atoms with Crippen LogP contribution in [0, 0.1) is 12.7 Å². The monoisotopic (exact) mass is 399 g/mol. The number of hydrogen-bond acceptors (Lipinski definition) is 2. The highest BCUT2D eigenvalue weighted by atomic mass is 19.1. The molecule has 0 aliphatic carbocycles. The number of hydrogen-bond donors (Lipinski definition) is 1. The van der Waals surface area contributed by atoms with Crippen molar-refractivity contribution in [1.82, 2.24) is 9.80 Å². The van der Waals surface area contributed by atoms with Gasteiger partial charge in [-0.05, 0) is 42.2 Å². The highest BCUT2D eigenvalue weighted by molar-refractivity contribution is 5.94. The molecule has 2 aromatic carbocycles. The van der Waals surface area contributed by atoms with Gasteiger partial charge in [0.25, 0.3) is 0 Å². The zero-order valence-electron chi connectivity index (χ0n) is 16.2. The Kier molecular flexibility index (Phi) is 5.22. The summed E-state index contributed by atoms with van der Waals surface area (Å²) in [6.45, 7) is 2.48. The second-order valence-corrected chi connectivity index (χ2v) is 7.67. The second kappa shape index (κ2) is 7.81. The number of amides is 3. The largest absolute Gasteiger partial charge is 0.336 e. The number of carbonyl (C=O) groups excluding carboxylic acids is 2. The third-order valence-corrected chi connectivity index (χ3v) is 5.66. The van der Waals surface area contributed by atoms with Gasteiger partial charge in [0.2, 0.25) is 5.91 Å². The Hall–Kier alpha value is -2.96. The van der Waals surface area contributed by atoms with Gasteiger partial charge in [0.1, 0.15) is 18.0 Å². The van der Waals surface area contributed by atoms with E-state index in [1.807, 2.05) is 24.3 Å². The Balaban J connectivity index is 1.48. The first-order valence-electron chi connectivity index (χ1n) is 9.76. The van der Waals surface area contributed by atoms with Gasteiger partial charge in [-0.15, -0.1) is 0 Å². The number of benzene rings is 2. The summed E-state index contributed by atoms with van der Waals surface area (Å²) in [7, 11) is 0. The Morgan fingerprint density at radius 3 is 2.66 bits per heavy atom. The normalized spacial score (nSPS) is 21.1. The van der Waals surface area contributed by atoms with Crippen molar-refractivity contribution in [3.8, 4) is 0 Å². The molecule has 2 unspecified atom stereocenters. The van der Waals surface area contributed by atoms with Gasteiger partial charge in [-0.1, -0.05) is 30.3 Å². The number of alkyl halides is 1. The van der Waals surface area contributed by atoms with E-state index < -0.39 is 24.1 Å². The van der Waals surface area contributed by atoms with Crippen LogP contribution in [-0.2, 0) is 17.8 Å². The van der Waals surface area contributed by atoms with Crippen molar-refractivity contribution in [1.29, 1.82) is 0 Å². The first-order valence-corrected chi connectivity index (χ1v) is 9.76. The lowest BCUT2D eigenvalue weighted by Gasteiger charge is -2.33. The lowest BCUT2D eigenvalue weighted by atomic mass is 9.99. The van der Waals surface area contributed by atoms with E-state index >= 15 is 0 Å². The first-order chi connectivity index (χ1) is 13.9. The fraction of sp³-hybridized carbons (Fsp3) is 0.364. The summed E-state index contributed by atoms with van der Waals surface area (Å²) in [4.78, 5) is 28.7. The molecule has 1 fully saturated rings. The molecule has 0 spiro atoms. The number of halogens is 2. The maximum absolute atomic E-state index is 14.2. The summed E-state index contributed by atoms with van der Waals surface area (Å²) in [6, 6.07) is 10.8. The predicted molar refractivity (Wildman–Crippen MR) is 106 cm³/mol. The molecule has 0 bridgehead atoms. The van der Waals surface area contributed by atoms with Crippen LogP contribution in [0.2, 0.25) is 0 Å². The van der Waals surface area contributed by atoms with Gasteiger partial charge < -0.3 is 15.1 Å². The van der Waals surface area contributed by atoms with Gasteiger partial charge in [-0.2, -0.15) is 0 Å². The van der Waals surface area contributed by atoms with Crippen LogP contribution in [0.15, 0.2) is 42.5 Å². The van der Waals surface area contributed by atoms with Crippen LogP contribution in [0.3, 0.4) is 0 Å². The van der Waals surface area contributed by atoms with Gasteiger partial charge in [0.05, 0.1) is 6.54 Å². The van der Waals surface area contributed by atoms with E-state index in [1.165, 1.54) is 16.5 Å². The maximum atomic E-state index is 14.2. The topological polar surface area (TPSA) is 52.7 Å². The summed E-state index contributed by atoms with van der Waals surface area (Å²) < 4.78 is 27.9. The van der Waals surface area contributed by atoms with E-state index in [0.717, 1.165) is 12.0 Å². The standard InChI is InChI=1S/C22H23F2N3O2/c1-14-6-7-18(11-19(14)24)25-22(29)27-13-17(23)10-20(27)21(28)26-9-8-15-4-2-3-5-16(15)12-26/h2-7,11,17,20H,8-10,12-13H2,1H3,(H,25,29). The molecule has 2 aliphatic heterocycles. The fourth-order valence-corrected chi connectivity index (χ4v) is 4.00. The number of aryl methyl sites for hydroxylation is 1. The minimum absolute atomic E-state index is 0.0212. The number of urea groups is 1. The molecule has 1 N–H and O–H groups in total. The zero-order valence-corrected chi connectivity index (χ0v) is 16.2. The molecule has 2 heterocycles. The third kappa shape index (κ3) is 3.95. The lowest BCUT2D eigenvalue weighted by Crippen LogP contribution is -2.50. The molecule has 4 rings (SSSR count). The van der Waals surface area contributed by atoms with Gasteiger partial charge >= 0.3 is 6.03 Å². The smallest absolute Gasteiger partial charge is 0.322 e. The van der Waals surface area contributed by atoms with E-state index in [1.54, 1.807) is 24.0 Å². The SMILES string of the molecule is Cc1ccc(NC(=O)N2CC(F)CC2C(=O)N2CCc3ccccc3C2)cc1F. The molecule has 5 nitrogen and oxygen atoms in total. The van der Waals surface area contributed by atoms with Crippen LogP contribution >= 0.6 is 0 Å². The van der Waals surface area contributed by atoms with Crippen molar-refractivity contribution in [2.75, 3.05) is 18.4 Å². The van der Waals surface area contributed by atoms with E-state index in [9.17, 15) is 18.4 Å². The number of anilines is 1. The highest BCUT2D eigenvalue weighted by Gasteiger charge is 2.42. The Morgan fingerprint density at radius 2 is 1.90 bits per heavy atom. The van der Waals surface area contributed by atoms with Crippen molar-refractivity contribution in [2.24, 2.45) is 0 Å². The summed E-state index contributed by atoms with van der Waals surface area (Å²) in [6.07, 6.45) is -0.545. The Bertz CT molecular complexity index is 949. The van der Waals surface area contributed by atoms with Crippen LogP contribution in [0.1, 0.15) is 23.1 Å². The number of fused-ring (bicyclic) bond motifs is 1. The molecule has 2 aromatic rings. The molecule has 2 atom stereocenters. The second-order valence-electron chi connectivity index (χ2n) is 7.67. The van der Waals surface area contributed by atoms with Gasteiger partial charge in [0, 0.05) is 25.2 Å². The van der Waals surface area contributed by atoms with Crippen LogP contribution in [-0.4, -0.2) is 47.0 Å². The number of carbonyl (C=O) groups is 2. The first kappa shape index (κ1) is 19.4. The number of rotatable bonds is 2.